The molecule has 2 saturated heterocycles. The second-order valence-electron chi connectivity index (χ2n) is 5.24. The van der Waals surface area contributed by atoms with Crippen molar-refractivity contribution >= 4 is 11.8 Å². The van der Waals surface area contributed by atoms with E-state index in [0.717, 1.165) is 32.2 Å². The van der Waals surface area contributed by atoms with Crippen molar-refractivity contribution in [2.75, 3.05) is 13.1 Å². The predicted molar refractivity (Wildman–Crippen MR) is 68.6 cm³/mol. The first-order chi connectivity index (χ1) is 9.11. The van der Waals surface area contributed by atoms with Gasteiger partial charge in [0.05, 0.1) is 12.1 Å². The minimum absolute atomic E-state index is 0.0257. The van der Waals surface area contributed by atoms with Crippen molar-refractivity contribution < 1.29 is 14.3 Å². The Morgan fingerprint density at radius 3 is 2.74 bits per heavy atom. The minimum atomic E-state index is -0.466. The number of carbonyl (C=O) groups is 2. The number of hydrazine groups is 1. The number of hydrogen-bond acceptors (Lipinski definition) is 5. The van der Waals surface area contributed by atoms with E-state index in [1.165, 1.54) is 0 Å². The Morgan fingerprint density at radius 2 is 2.05 bits per heavy atom. The second-order valence-corrected chi connectivity index (χ2v) is 5.24. The van der Waals surface area contributed by atoms with Gasteiger partial charge >= 0.3 is 0 Å². The van der Waals surface area contributed by atoms with Gasteiger partial charge in [0.25, 0.3) is 5.91 Å². The number of nitrogens with one attached hydrogen (secondary N) is 1. The summed E-state index contributed by atoms with van der Waals surface area (Å²) in [6, 6.07) is -0.195. The van der Waals surface area contributed by atoms with E-state index in [2.05, 4.69) is 10.3 Å². The molecule has 3 atom stereocenters. The molecule has 7 nitrogen and oxygen atoms in total. The molecule has 2 aliphatic rings. The summed E-state index contributed by atoms with van der Waals surface area (Å²) < 4.78 is 5.66. The molecule has 0 aromatic heterocycles. The van der Waals surface area contributed by atoms with Crippen molar-refractivity contribution in [3.63, 3.8) is 0 Å². The Hall–Kier alpha value is -1.18. The lowest BCUT2D eigenvalue weighted by Crippen LogP contribution is -2.50. The van der Waals surface area contributed by atoms with Gasteiger partial charge in [-0.2, -0.15) is 0 Å². The van der Waals surface area contributed by atoms with E-state index in [0.29, 0.717) is 13.0 Å². The zero-order chi connectivity index (χ0) is 13.8. The average Bonchev–Trinajstić information content (AvgIpc) is 2.86. The van der Waals surface area contributed by atoms with Crippen LogP contribution in [0.15, 0.2) is 0 Å². The lowest BCUT2D eigenvalue weighted by Gasteiger charge is -2.35. The zero-order valence-corrected chi connectivity index (χ0v) is 11.0. The second kappa shape index (κ2) is 6.31. The van der Waals surface area contributed by atoms with Crippen molar-refractivity contribution in [2.45, 2.75) is 50.4 Å². The number of rotatable bonds is 4. The van der Waals surface area contributed by atoms with Crippen LogP contribution in [0.4, 0.5) is 0 Å². The summed E-state index contributed by atoms with van der Waals surface area (Å²) in [6.07, 6.45) is 3.91. The molecule has 19 heavy (non-hydrogen) atoms. The van der Waals surface area contributed by atoms with Crippen molar-refractivity contribution in [2.24, 2.45) is 11.6 Å². The molecule has 2 fully saturated rings. The summed E-state index contributed by atoms with van der Waals surface area (Å²) in [6.45, 7) is 1.52. The largest absolute Gasteiger partial charge is 0.368 e. The first kappa shape index (κ1) is 14.2. The highest BCUT2D eigenvalue weighted by atomic mass is 16.5. The van der Waals surface area contributed by atoms with Crippen LogP contribution in [0.5, 0.6) is 0 Å². The number of hydrogen-bond donors (Lipinski definition) is 3. The van der Waals surface area contributed by atoms with Crippen LogP contribution in [0.25, 0.3) is 0 Å². The fourth-order valence-electron chi connectivity index (χ4n) is 2.92. The highest BCUT2D eigenvalue weighted by molar-refractivity contribution is 5.80. The Balaban J connectivity index is 1.87. The van der Waals surface area contributed by atoms with Crippen LogP contribution in [-0.4, -0.2) is 48.1 Å². The number of carbonyl (C=O) groups excluding carboxylic acids is 2. The maximum absolute atomic E-state index is 11.4. The van der Waals surface area contributed by atoms with Gasteiger partial charge in [-0.05, 0) is 32.2 Å². The number of amides is 2. The van der Waals surface area contributed by atoms with Crippen LogP contribution in [0.3, 0.4) is 0 Å². The fourth-order valence-corrected chi connectivity index (χ4v) is 2.92. The van der Waals surface area contributed by atoms with Crippen molar-refractivity contribution in [3.8, 4) is 0 Å². The Morgan fingerprint density at radius 1 is 1.26 bits per heavy atom. The van der Waals surface area contributed by atoms with Gasteiger partial charge in [0.1, 0.15) is 6.10 Å². The summed E-state index contributed by atoms with van der Waals surface area (Å²) >= 11 is 0. The topological polar surface area (TPSA) is 111 Å². The van der Waals surface area contributed by atoms with E-state index in [-0.39, 0.29) is 24.0 Å². The van der Waals surface area contributed by atoms with Crippen LogP contribution in [0.2, 0.25) is 0 Å². The molecule has 0 bridgehead atoms. The monoisotopic (exact) mass is 270 g/mol. The van der Waals surface area contributed by atoms with Crippen LogP contribution >= 0.6 is 0 Å². The quantitative estimate of drug-likeness (QED) is 0.340. The minimum Gasteiger partial charge on any atom is -0.368 e. The van der Waals surface area contributed by atoms with Crippen LogP contribution < -0.4 is 17.0 Å². The number of nitrogens with two attached hydrogens (primary N) is 2. The predicted octanol–water partition coefficient (Wildman–Crippen LogP) is -1.14. The van der Waals surface area contributed by atoms with Crippen molar-refractivity contribution in [1.29, 1.82) is 0 Å². The highest BCUT2D eigenvalue weighted by Crippen LogP contribution is 2.24. The van der Waals surface area contributed by atoms with Gasteiger partial charge < -0.3 is 10.5 Å². The van der Waals surface area contributed by atoms with E-state index in [4.69, 9.17) is 16.3 Å². The van der Waals surface area contributed by atoms with Gasteiger partial charge in [-0.1, -0.05) is 6.42 Å². The van der Waals surface area contributed by atoms with Gasteiger partial charge in [-0.25, -0.2) is 5.84 Å². The lowest BCUT2D eigenvalue weighted by atomic mass is 10.0. The van der Waals surface area contributed by atoms with Crippen LogP contribution in [0.1, 0.15) is 32.1 Å². The molecule has 108 valence electrons. The van der Waals surface area contributed by atoms with Gasteiger partial charge in [0, 0.05) is 6.54 Å². The maximum Gasteiger partial charge on any atom is 0.263 e. The van der Waals surface area contributed by atoms with Crippen LogP contribution in [0, 0.1) is 0 Å². The molecule has 0 aromatic carbocycles. The molecule has 2 rings (SSSR count). The molecule has 2 aliphatic heterocycles. The molecule has 0 spiro atoms. The molecule has 3 unspecified atom stereocenters. The Bertz CT molecular complexity index is 350. The van der Waals surface area contributed by atoms with Crippen molar-refractivity contribution in [1.82, 2.24) is 10.3 Å². The lowest BCUT2D eigenvalue weighted by molar-refractivity contribution is -0.133. The van der Waals surface area contributed by atoms with Crippen molar-refractivity contribution in [3.05, 3.63) is 0 Å². The van der Waals surface area contributed by atoms with Gasteiger partial charge in [-0.15, -0.1) is 0 Å². The molecular formula is C12H22N4O3. The third-order valence-corrected chi connectivity index (χ3v) is 3.92. The van der Waals surface area contributed by atoms with E-state index >= 15 is 0 Å². The number of primary amides is 1. The first-order valence-electron chi connectivity index (χ1n) is 6.81. The molecule has 5 N–H and O–H groups in total. The molecule has 2 amide bonds. The summed E-state index contributed by atoms with van der Waals surface area (Å²) in [4.78, 5) is 24.9. The summed E-state index contributed by atoms with van der Waals surface area (Å²) in [5.41, 5.74) is 7.53. The van der Waals surface area contributed by atoms with Gasteiger partial charge in [0.15, 0.2) is 0 Å². The summed E-state index contributed by atoms with van der Waals surface area (Å²) in [5, 5.41) is 0. The van der Waals surface area contributed by atoms with Crippen LogP contribution in [-0.2, 0) is 14.3 Å². The fraction of sp³-hybridized carbons (Fsp3) is 0.833. The molecule has 0 saturated carbocycles. The number of ether oxygens (including phenoxy) is 1. The number of likely N-dealkylation sites (tertiary alicyclic amines) is 1. The van der Waals surface area contributed by atoms with Gasteiger partial charge in [-0.3, -0.25) is 19.9 Å². The molecule has 2 heterocycles. The Kier molecular flexibility index (Phi) is 4.73. The van der Waals surface area contributed by atoms with E-state index in [1.807, 2.05) is 0 Å². The third kappa shape index (κ3) is 3.43. The summed E-state index contributed by atoms with van der Waals surface area (Å²) in [5.74, 6) is 4.54. The smallest absolute Gasteiger partial charge is 0.263 e. The maximum atomic E-state index is 11.4. The van der Waals surface area contributed by atoms with E-state index in [1.54, 1.807) is 0 Å². The normalized spacial score (nSPS) is 32.2. The first-order valence-corrected chi connectivity index (χ1v) is 6.81. The zero-order valence-electron chi connectivity index (χ0n) is 11.0. The highest BCUT2D eigenvalue weighted by Gasteiger charge is 2.34. The molecule has 7 heteroatoms. The third-order valence-electron chi connectivity index (χ3n) is 3.92. The van der Waals surface area contributed by atoms with E-state index in [9.17, 15) is 9.59 Å². The molecule has 0 aliphatic carbocycles. The SMILES string of the molecule is NNC(=O)C1CCC(CN2CCCCC2C(N)=O)O1. The van der Waals surface area contributed by atoms with E-state index < -0.39 is 6.10 Å². The molecule has 0 aromatic rings. The summed E-state index contributed by atoms with van der Waals surface area (Å²) in [7, 11) is 0. The number of piperidine rings is 1. The molecular weight excluding hydrogens is 248 g/mol. The molecule has 0 radical (unpaired) electrons. The van der Waals surface area contributed by atoms with Gasteiger partial charge in [0.2, 0.25) is 5.91 Å². The standard InChI is InChI=1S/C12H22N4O3/c13-11(17)9-3-1-2-6-16(9)7-8-4-5-10(19-8)12(18)15-14/h8-10H,1-7,14H2,(H2,13,17)(H,15,18). The average molecular weight is 270 g/mol. The number of nitrogens with zero attached hydrogens (tertiary/aromatic N) is 1. The Labute approximate surface area is 112 Å².